The molecule has 0 spiro atoms. The van der Waals surface area contributed by atoms with E-state index in [2.05, 4.69) is 6.92 Å². The van der Waals surface area contributed by atoms with Crippen molar-refractivity contribution < 1.29 is 19.8 Å². The minimum atomic E-state index is -0.745. The van der Waals surface area contributed by atoms with Crippen LogP contribution < -0.4 is 0 Å². The molecule has 1 aromatic carbocycles. The van der Waals surface area contributed by atoms with Crippen LogP contribution in [0.4, 0.5) is 0 Å². The van der Waals surface area contributed by atoms with Gasteiger partial charge in [0.25, 0.3) is 0 Å². The van der Waals surface area contributed by atoms with Gasteiger partial charge in [0.2, 0.25) is 0 Å². The number of ketones is 1. The van der Waals surface area contributed by atoms with Gasteiger partial charge in [-0.15, -0.1) is 0 Å². The Balaban J connectivity index is 2.69. The van der Waals surface area contributed by atoms with Crippen molar-refractivity contribution in [1.29, 1.82) is 0 Å². The number of Topliss-reactive ketones (excluding diaryl/α,β-unsaturated/α-hetero) is 1. The molecule has 0 heterocycles. The Kier molecular flexibility index (Phi) is 12.5. The summed E-state index contributed by atoms with van der Waals surface area (Å²) in [5.74, 6) is -0.556. The highest BCUT2D eigenvalue weighted by Gasteiger charge is 2.36. The molecule has 2 atom stereocenters. The molecule has 0 aliphatic rings. The molecule has 0 aromatic heterocycles. The van der Waals surface area contributed by atoms with Crippen LogP contribution in [0.3, 0.4) is 0 Å². The summed E-state index contributed by atoms with van der Waals surface area (Å²) in [4.78, 5) is 23.5. The molecule has 2 unspecified atom stereocenters. The summed E-state index contributed by atoms with van der Waals surface area (Å²) in [6.07, 6.45) is 10.7. The number of carbonyl (C=O) groups is 2. The highest BCUT2D eigenvalue weighted by Crippen LogP contribution is 2.37. The van der Waals surface area contributed by atoms with Crippen molar-refractivity contribution in [2.45, 2.75) is 109 Å². The maximum atomic E-state index is 12.8. The van der Waals surface area contributed by atoms with E-state index in [9.17, 15) is 14.7 Å². The van der Waals surface area contributed by atoms with Crippen molar-refractivity contribution in [1.82, 2.24) is 0 Å². The standard InChI is InChI=1S/C25H40O4/c1-3-4-8-16-23(27)17-13-20-25(21(2)26,22-14-9-7-10-15-22)19-12-6-5-11-18-24(28)29/h7,9-10,14-15,23,27H,3-6,8,11-13,16-20H2,1-2H3,(H,28,29). The molecule has 0 saturated heterocycles. The number of aliphatic hydroxyl groups excluding tert-OH is 1. The van der Waals surface area contributed by atoms with Crippen LogP contribution in [-0.4, -0.2) is 28.1 Å². The summed E-state index contributed by atoms with van der Waals surface area (Å²) >= 11 is 0. The van der Waals surface area contributed by atoms with Gasteiger partial charge < -0.3 is 10.2 Å². The molecule has 4 nitrogen and oxygen atoms in total. The van der Waals surface area contributed by atoms with Crippen molar-refractivity contribution in [3.63, 3.8) is 0 Å². The van der Waals surface area contributed by atoms with Crippen molar-refractivity contribution >= 4 is 11.8 Å². The second-order valence-corrected chi connectivity index (χ2v) is 8.35. The van der Waals surface area contributed by atoms with Crippen LogP contribution >= 0.6 is 0 Å². The smallest absolute Gasteiger partial charge is 0.303 e. The van der Waals surface area contributed by atoms with Gasteiger partial charge in [-0.05, 0) is 51.0 Å². The van der Waals surface area contributed by atoms with Gasteiger partial charge in [-0.2, -0.15) is 0 Å². The van der Waals surface area contributed by atoms with Crippen molar-refractivity contribution in [3.8, 4) is 0 Å². The Labute approximate surface area is 176 Å². The number of carboxylic acid groups (broad SMARTS) is 1. The maximum Gasteiger partial charge on any atom is 0.303 e. The molecular weight excluding hydrogens is 364 g/mol. The zero-order valence-electron chi connectivity index (χ0n) is 18.4. The van der Waals surface area contributed by atoms with Crippen LogP contribution in [0, 0.1) is 0 Å². The molecule has 2 N–H and O–H groups in total. The topological polar surface area (TPSA) is 74.6 Å². The summed E-state index contributed by atoms with van der Waals surface area (Å²) in [5.41, 5.74) is 0.565. The van der Waals surface area contributed by atoms with Crippen molar-refractivity contribution in [2.75, 3.05) is 0 Å². The van der Waals surface area contributed by atoms with E-state index in [1.807, 2.05) is 30.3 Å². The monoisotopic (exact) mass is 404 g/mol. The third-order valence-corrected chi connectivity index (χ3v) is 6.03. The third kappa shape index (κ3) is 9.58. The molecule has 0 aliphatic heterocycles. The molecule has 0 radical (unpaired) electrons. The van der Waals surface area contributed by atoms with E-state index < -0.39 is 11.4 Å². The minimum Gasteiger partial charge on any atom is -0.481 e. The van der Waals surface area contributed by atoms with Gasteiger partial charge in [-0.1, -0.05) is 75.8 Å². The Bertz CT molecular complexity index is 584. The number of aliphatic hydroxyl groups is 1. The zero-order chi connectivity index (χ0) is 21.5. The number of carbonyl (C=O) groups excluding carboxylic acids is 1. The summed E-state index contributed by atoms with van der Waals surface area (Å²) in [7, 11) is 0. The minimum absolute atomic E-state index is 0.190. The van der Waals surface area contributed by atoms with Gasteiger partial charge in [0, 0.05) is 6.42 Å². The predicted molar refractivity (Wildman–Crippen MR) is 118 cm³/mol. The van der Waals surface area contributed by atoms with Gasteiger partial charge in [0.15, 0.2) is 0 Å². The van der Waals surface area contributed by atoms with E-state index in [1.54, 1.807) is 6.92 Å². The predicted octanol–water partition coefficient (Wildman–Crippen LogP) is 6.05. The van der Waals surface area contributed by atoms with E-state index in [0.717, 1.165) is 76.2 Å². The van der Waals surface area contributed by atoms with E-state index in [4.69, 9.17) is 5.11 Å². The maximum absolute atomic E-state index is 12.8. The second-order valence-electron chi connectivity index (χ2n) is 8.35. The number of unbranched alkanes of at least 4 members (excludes halogenated alkanes) is 5. The Morgan fingerprint density at radius 3 is 2.14 bits per heavy atom. The quantitative estimate of drug-likeness (QED) is 0.310. The Morgan fingerprint density at radius 1 is 0.897 bits per heavy atom. The fraction of sp³-hybridized carbons (Fsp3) is 0.680. The molecule has 1 rings (SSSR count). The number of hydrogen-bond donors (Lipinski definition) is 2. The molecule has 164 valence electrons. The number of benzene rings is 1. The van der Waals surface area contributed by atoms with E-state index >= 15 is 0 Å². The number of aliphatic carboxylic acids is 1. The lowest BCUT2D eigenvalue weighted by molar-refractivity contribution is -0.137. The molecule has 0 bridgehead atoms. The van der Waals surface area contributed by atoms with Crippen LogP contribution in [-0.2, 0) is 15.0 Å². The summed E-state index contributed by atoms with van der Waals surface area (Å²) in [6, 6.07) is 10.0. The molecule has 29 heavy (non-hydrogen) atoms. The molecule has 4 heteroatoms. The van der Waals surface area contributed by atoms with Crippen molar-refractivity contribution in [3.05, 3.63) is 35.9 Å². The Morgan fingerprint density at radius 2 is 1.52 bits per heavy atom. The lowest BCUT2D eigenvalue weighted by atomic mass is 9.70. The van der Waals surface area contributed by atoms with Gasteiger partial charge in [-0.25, -0.2) is 0 Å². The van der Waals surface area contributed by atoms with Crippen LogP contribution in [0.1, 0.15) is 103 Å². The highest BCUT2D eigenvalue weighted by atomic mass is 16.4. The highest BCUT2D eigenvalue weighted by molar-refractivity contribution is 5.88. The van der Waals surface area contributed by atoms with Crippen LogP contribution in [0.2, 0.25) is 0 Å². The fourth-order valence-corrected chi connectivity index (χ4v) is 4.20. The largest absolute Gasteiger partial charge is 0.481 e. The summed E-state index contributed by atoms with van der Waals surface area (Å²) < 4.78 is 0. The molecule has 0 fully saturated rings. The first-order chi connectivity index (χ1) is 13.9. The molecule has 0 aliphatic carbocycles. The molecular formula is C25H40O4. The van der Waals surface area contributed by atoms with Gasteiger partial charge in [0.05, 0.1) is 11.5 Å². The lowest BCUT2D eigenvalue weighted by Gasteiger charge is -2.33. The van der Waals surface area contributed by atoms with E-state index in [1.165, 1.54) is 0 Å². The number of hydrogen-bond acceptors (Lipinski definition) is 3. The summed E-state index contributed by atoms with van der Waals surface area (Å²) in [5, 5.41) is 19.0. The average molecular weight is 405 g/mol. The number of rotatable bonds is 17. The zero-order valence-corrected chi connectivity index (χ0v) is 18.4. The Hall–Kier alpha value is -1.68. The van der Waals surface area contributed by atoms with Crippen LogP contribution in [0.15, 0.2) is 30.3 Å². The SMILES string of the molecule is CCCCCC(O)CCCC(CCCCCCC(=O)O)(C(C)=O)c1ccccc1. The van der Waals surface area contributed by atoms with Crippen LogP contribution in [0.5, 0.6) is 0 Å². The number of carboxylic acids is 1. The van der Waals surface area contributed by atoms with Gasteiger partial charge >= 0.3 is 5.97 Å². The van der Waals surface area contributed by atoms with E-state index in [0.29, 0.717) is 6.42 Å². The normalized spacial score (nSPS) is 14.3. The lowest BCUT2D eigenvalue weighted by Crippen LogP contribution is -2.34. The van der Waals surface area contributed by atoms with Gasteiger partial charge in [0.1, 0.15) is 5.78 Å². The first kappa shape index (κ1) is 25.4. The van der Waals surface area contributed by atoms with Crippen LogP contribution in [0.25, 0.3) is 0 Å². The van der Waals surface area contributed by atoms with Gasteiger partial charge in [-0.3, -0.25) is 9.59 Å². The molecule has 0 amide bonds. The average Bonchev–Trinajstić information content (AvgIpc) is 2.69. The first-order valence-electron chi connectivity index (χ1n) is 11.4. The van der Waals surface area contributed by atoms with E-state index in [-0.39, 0.29) is 18.3 Å². The summed E-state index contributed by atoms with van der Waals surface area (Å²) in [6.45, 7) is 3.85. The fourth-order valence-electron chi connectivity index (χ4n) is 4.20. The second kappa shape index (κ2) is 14.3. The third-order valence-electron chi connectivity index (χ3n) is 6.03. The van der Waals surface area contributed by atoms with Crippen molar-refractivity contribution in [2.24, 2.45) is 0 Å². The molecule has 0 saturated carbocycles. The first-order valence-corrected chi connectivity index (χ1v) is 11.4. The molecule has 1 aromatic rings.